The second-order valence-electron chi connectivity index (χ2n) is 6.64. The summed E-state index contributed by atoms with van der Waals surface area (Å²) in [5.74, 6) is -0.770. The molecule has 0 heterocycles. The fourth-order valence-electron chi connectivity index (χ4n) is 2.99. The van der Waals surface area contributed by atoms with Gasteiger partial charge in [-0.15, -0.1) is 0 Å². The van der Waals surface area contributed by atoms with Gasteiger partial charge in [0, 0.05) is 24.5 Å². The highest BCUT2D eigenvalue weighted by Crippen LogP contribution is 2.38. The number of carbonyl (C=O) groups is 2. The standard InChI is InChI=1S/C18H21FN2O3/c1-10-6-14(10)17(23)21-16-5-3-12(19)8-15(16)18(24)20-13-4-2-11(7-13)9-22/h2-5,8,10-11,13-14,22H,6-7,9H2,1H3,(H,20,24)(H,21,23)/t10-,11-,13+,14-/m0/s1. The molecule has 0 saturated heterocycles. The molecule has 128 valence electrons. The van der Waals surface area contributed by atoms with E-state index < -0.39 is 11.7 Å². The molecule has 1 aromatic rings. The first-order valence-corrected chi connectivity index (χ1v) is 8.18. The minimum absolute atomic E-state index is 0.0262. The Morgan fingerprint density at radius 2 is 2.04 bits per heavy atom. The zero-order valence-electron chi connectivity index (χ0n) is 13.5. The van der Waals surface area contributed by atoms with E-state index in [4.69, 9.17) is 5.11 Å². The normalized spacial score (nSPS) is 27.8. The number of nitrogens with one attached hydrogen (secondary N) is 2. The van der Waals surface area contributed by atoms with Crippen LogP contribution in [0.2, 0.25) is 0 Å². The lowest BCUT2D eigenvalue weighted by Crippen LogP contribution is -2.33. The van der Waals surface area contributed by atoms with E-state index in [9.17, 15) is 14.0 Å². The van der Waals surface area contributed by atoms with Crippen LogP contribution in [-0.2, 0) is 4.79 Å². The van der Waals surface area contributed by atoms with Crippen LogP contribution in [0, 0.1) is 23.6 Å². The molecule has 3 N–H and O–H groups in total. The first-order chi connectivity index (χ1) is 11.5. The maximum absolute atomic E-state index is 13.6. The number of amides is 2. The summed E-state index contributed by atoms with van der Waals surface area (Å²) in [6.07, 6.45) is 5.12. The second kappa shape index (κ2) is 6.73. The van der Waals surface area contributed by atoms with Gasteiger partial charge in [-0.3, -0.25) is 9.59 Å². The summed E-state index contributed by atoms with van der Waals surface area (Å²) in [7, 11) is 0. The van der Waals surface area contributed by atoms with Crippen LogP contribution >= 0.6 is 0 Å². The van der Waals surface area contributed by atoms with Crippen molar-refractivity contribution in [3.63, 3.8) is 0 Å². The van der Waals surface area contributed by atoms with Crippen LogP contribution in [0.15, 0.2) is 30.4 Å². The van der Waals surface area contributed by atoms with E-state index in [1.54, 1.807) is 0 Å². The molecule has 0 radical (unpaired) electrons. The minimum atomic E-state index is -0.534. The molecule has 24 heavy (non-hydrogen) atoms. The lowest BCUT2D eigenvalue weighted by molar-refractivity contribution is -0.117. The Labute approximate surface area is 139 Å². The van der Waals surface area contributed by atoms with Gasteiger partial charge in [-0.05, 0) is 37.0 Å². The van der Waals surface area contributed by atoms with Gasteiger partial charge in [0.2, 0.25) is 5.91 Å². The van der Waals surface area contributed by atoms with E-state index in [0.717, 1.165) is 12.5 Å². The summed E-state index contributed by atoms with van der Waals surface area (Å²) < 4.78 is 13.6. The lowest BCUT2D eigenvalue weighted by Gasteiger charge is -2.15. The average Bonchev–Trinajstić information content (AvgIpc) is 3.12. The summed E-state index contributed by atoms with van der Waals surface area (Å²) in [6, 6.07) is 3.56. The highest BCUT2D eigenvalue weighted by molar-refractivity contribution is 6.04. The van der Waals surface area contributed by atoms with Crippen molar-refractivity contribution in [2.75, 3.05) is 11.9 Å². The summed E-state index contributed by atoms with van der Waals surface area (Å²) in [4.78, 5) is 24.6. The van der Waals surface area contributed by atoms with Crippen molar-refractivity contribution in [3.05, 3.63) is 41.7 Å². The molecule has 0 spiro atoms. The van der Waals surface area contributed by atoms with Crippen LogP contribution in [0.3, 0.4) is 0 Å². The number of benzene rings is 1. The van der Waals surface area contributed by atoms with Gasteiger partial charge in [0.15, 0.2) is 0 Å². The van der Waals surface area contributed by atoms with E-state index in [-0.39, 0.29) is 36.0 Å². The van der Waals surface area contributed by atoms with Crippen molar-refractivity contribution >= 4 is 17.5 Å². The van der Waals surface area contributed by atoms with Crippen molar-refractivity contribution in [2.45, 2.75) is 25.8 Å². The minimum Gasteiger partial charge on any atom is -0.396 e. The maximum Gasteiger partial charge on any atom is 0.253 e. The Morgan fingerprint density at radius 1 is 1.29 bits per heavy atom. The van der Waals surface area contributed by atoms with Gasteiger partial charge in [0.1, 0.15) is 5.82 Å². The van der Waals surface area contributed by atoms with Gasteiger partial charge in [-0.2, -0.15) is 0 Å². The molecule has 0 bridgehead atoms. The first-order valence-electron chi connectivity index (χ1n) is 8.18. The number of halogens is 1. The molecule has 1 fully saturated rings. The molecule has 3 rings (SSSR count). The second-order valence-corrected chi connectivity index (χ2v) is 6.64. The third-order valence-electron chi connectivity index (χ3n) is 4.65. The van der Waals surface area contributed by atoms with Gasteiger partial charge < -0.3 is 15.7 Å². The molecule has 0 unspecified atom stereocenters. The maximum atomic E-state index is 13.6. The van der Waals surface area contributed by atoms with Crippen LogP contribution < -0.4 is 10.6 Å². The highest BCUT2D eigenvalue weighted by Gasteiger charge is 2.39. The highest BCUT2D eigenvalue weighted by atomic mass is 19.1. The lowest BCUT2D eigenvalue weighted by atomic mass is 10.1. The van der Waals surface area contributed by atoms with Gasteiger partial charge in [-0.25, -0.2) is 4.39 Å². The molecule has 2 aliphatic carbocycles. The summed E-state index contributed by atoms with van der Waals surface area (Å²) >= 11 is 0. The monoisotopic (exact) mass is 332 g/mol. The van der Waals surface area contributed by atoms with Crippen molar-refractivity contribution in [2.24, 2.45) is 17.8 Å². The van der Waals surface area contributed by atoms with Crippen LogP contribution in [0.4, 0.5) is 10.1 Å². The van der Waals surface area contributed by atoms with Gasteiger partial charge in [0.25, 0.3) is 5.91 Å². The smallest absolute Gasteiger partial charge is 0.253 e. The fraction of sp³-hybridized carbons (Fsp3) is 0.444. The van der Waals surface area contributed by atoms with Crippen LogP contribution in [-0.4, -0.2) is 29.6 Å². The molecule has 1 saturated carbocycles. The third-order valence-corrected chi connectivity index (χ3v) is 4.65. The Kier molecular flexibility index (Phi) is 4.66. The zero-order valence-corrected chi connectivity index (χ0v) is 13.5. The van der Waals surface area contributed by atoms with Crippen molar-refractivity contribution in [1.82, 2.24) is 5.32 Å². The topological polar surface area (TPSA) is 78.4 Å². The van der Waals surface area contributed by atoms with E-state index in [1.807, 2.05) is 19.1 Å². The molecule has 2 amide bonds. The molecule has 0 aliphatic heterocycles. The van der Waals surface area contributed by atoms with Gasteiger partial charge in [0.05, 0.1) is 11.3 Å². The van der Waals surface area contributed by atoms with Crippen molar-refractivity contribution in [3.8, 4) is 0 Å². The molecular weight excluding hydrogens is 311 g/mol. The van der Waals surface area contributed by atoms with Crippen molar-refractivity contribution in [1.29, 1.82) is 0 Å². The third kappa shape index (κ3) is 3.64. The van der Waals surface area contributed by atoms with E-state index in [1.165, 1.54) is 12.1 Å². The van der Waals surface area contributed by atoms with E-state index in [0.29, 0.717) is 18.0 Å². The van der Waals surface area contributed by atoms with Crippen LogP contribution in [0.5, 0.6) is 0 Å². The number of aliphatic hydroxyl groups is 1. The molecule has 5 nitrogen and oxygen atoms in total. The Morgan fingerprint density at radius 3 is 2.67 bits per heavy atom. The van der Waals surface area contributed by atoms with Crippen molar-refractivity contribution < 1.29 is 19.1 Å². The molecule has 6 heteroatoms. The number of hydrogen-bond donors (Lipinski definition) is 3. The predicted octanol–water partition coefficient (Wildman–Crippen LogP) is 2.09. The number of rotatable bonds is 5. The average molecular weight is 332 g/mol. The Balaban J connectivity index is 1.71. The molecule has 1 aromatic carbocycles. The summed E-state index contributed by atoms with van der Waals surface area (Å²) in [5.41, 5.74) is 0.427. The first kappa shape index (κ1) is 16.6. The number of hydrogen-bond acceptors (Lipinski definition) is 3. The molecule has 0 aromatic heterocycles. The summed E-state index contributed by atoms with van der Waals surface area (Å²) in [5, 5.41) is 14.7. The molecule has 4 atom stereocenters. The van der Waals surface area contributed by atoms with E-state index >= 15 is 0 Å². The molecule has 2 aliphatic rings. The predicted molar refractivity (Wildman–Crippen MR) is 87.9 cm³/mol. The number of carbonyl (C=O) groups excluding carboxylic acids is 2. The van der Waals surface area contributed by atoms with Crippen LogP contribution in [0.25, 0.3) is 0 Å². The fourth-order valence-corrected chi connectivity index (χ4v) is 2.99. The van der Waals surface area contributed by atoms with Crippen LogP contribution in [0.1, 0.15) is 30.1 Å². The van der Waals surface area contributed by atoms with E-state index in [2.05, 4.69) is 10.6 Å². The number of aliphatic hydroxyl groups excluding tert-OH is 1. The SMILES string of the molecule is C[C@H]1C[C@@H]1C(=O)Nc1ccc(F)cc1C(=O)N[C@@H]1C=C[C@H](CO)C1. The number of anilines is 1. The van der Waals surface area contributed by atoms with Gasteiger partial charge in [-0.1, -0.05) is 19.1 Å². The Hall–Kier alpha value is -2.21. The quantitative estimate of drug-likeness (QED) is 0.723. The Bertz CT molecular complexity index is 689. The van der Waals surface area contributed by atoms with Gasteiger partial charge >= 0.3 is 0 Å². The zero-order chi connectivity index (χ0) is 17.3. The molecular formula is C18H21FN2O3. The summed E-state index contributed by atoms with van der Waals surface area (Å²) in [6.45, 7) is 2.02. The largest absolute Gasteiger partial charge is 0.396 e.